The maximum Gasteiger partial charge on any atom is 0.239 e. The van der Waals surface area contributed by atoms with E-state index in [2.05, 4.69) is 15.3 Å². The quantitative estimate of drug-likeness (QED) is 0.339. The second-order valence-corrected chi connectivity index (χ2v) is 4.44. The van der Waals surface area contributed by atoms with Gasteiger partial charge in [0.1, 0.15) is 6.04 Å². The van der Waals surface area contributed by atoms with Crippen LogP contribution in [0.5, 0.6) is 0 Å². The highest BCUT2D eigenvalue weighted by molar-refractivity contribution is 5.81. The number of benzene rings is 1. The number of primary amides is 1. The van der Waals surface area contributed by atoms with Crippen molar-refractivity contribution in [3.05, 3.63) is 45.3 Å². The Hall–Kier alpha value is -2.04. The van der Waals surface area contributed by atoms with Crippen molar-refractivity contribution in [3.8, 4) is 0 Å². The summed E-state index contributed by atoms with van der Waals surface area (Å²) in [5.74, 6) is -0.410. The standard InChI is InChI=1S/C13H19N5O/c1-9-4-5-11(8-10(9)2)12(13(14)19)16-6-3-7-17-18-15/h4-5,8,12,16H,3,6-7H2,1-2H3,(H2,14,19). The monoisotopic (exact) mass is 261 g/mol. The summed E-state index contributed by atoms with van der Waals surface area (Å²) in [6, 6.07) is 5.33. The maximum absolute atomic E-state index is 11.5. The molecule has 0 fully saturated rings. The molecule has 6 nitrogen and oxygen atoms in total. The fourth-order valence-corrected chi connectivity index (χ4v) is 1.77. The Kier molecular flexibility index (Phi) is 5.85. The third kappa shape index (κ3) is 4.62. The van der Waals surface area contributed by atoms with Gasteiger partial charge < -0.3 is 11.1 Å². The summed E-state index contributed by atoms with van der Waals surface area (Å²) >= 11 is 0. The average Bonchev–Trinajstić information content (AvgIpc) is 2.37. The van der Waals surface area contributed by atoms with Gasteiger partial charge >= 0.3 is 0 Å². The van der Waals surface area contributed by atoms with Crippen LogP contribution in [-0.4, -0.2) is 19.0 Å². The molecule has 102 valence electrons. The van der Waals surface area contributed by atoms with E-state index >= 15 is 0 Å². The van der Waals surface area contributed by atoms with E-state index in [-0.39, 0.29) is 0 Å². The van der Waals surface area contributed by atoms with E-state index in [1.54, 1.807) is 0 Å². The number of carbonyl (C=O) groups excluding carboxylic acids is 1. The number of nitrogens with zero attached hydrogens (tertiary/aromatic N) is 3. The van der Waals surface area contributed by atoms with E-state index in [0.717, 1.165) is 11.1 Å². The van der Waals surface area contributed by atoms with Gasteiger partial charge in [-0.3, -0.25) is 4.79 Å². The summed E-state index contributed by atoms with van der Waals surface area (Å²) in [6.45, 7) is 4.99. The predicted octanol–water partition coefficient (Wildman–Crippen LogP) is 2.12. The van der Waals surface area contributed by atoms with Crippen LogP contribution in [0.25, 0.3) is 10.4 Å². The molecule has 1 aromatic carbocycles. The Morgan fingerprint density at radius 2 is 2.21 bits per heavy atom. The molecule has 3 N–H and O–H groups in total. The van der Waals surface area contributed by atoms with E-state index < -0.39 is 11.9 Å². The van der Waals surface area contributed by atoms with Gasteiger partial charge in [-0.15, -0.1) is 0 Å². The highest BCUT2D eigenvalue weighted by atomic mass is 16.1. The molecule has 1 amide bonds. The van der Waals surface area contributed by atoms with Crippen molar-refractivity contribution >= 4 is 5.91 Å². The topological polar surface area (TPSA) is 104 Å². The third-order valence-corrected chi connectivity index (χ3v) is 3.00. The summed E-state index contributed by atoms with van der Waals surface area (Å²) in [5, 5.41) is 6.52. The van der Waals surface area contributed by atoms with E-state index in [4.69, 9.17) is 11.3 Å². The largest absolute Gasteiger partial charge is 0.368 e. The van der Waals surface area contributed by atoms with Gasteiger partial charge in [-0.05, 0) is 49.0 Å². The molecule has 0 aromatic heterocycles. The fourth-order valence-electron chi connectivity index (χ4n) is 1.77. The molecular weight excluding hydrogens is 242 g/mol. The van der Waals surface area contributed by atoms with Gasteiger partial charge in [0.2, 0.25) is 5.91 Å². The number of hydrogen-bond acceptors (Lipinski definition) is 3. The molecule has 0 radical (unpaired) electrons. The first-order chi connectivity index (χ1) is 9.06. The zero-order valence-corrected chi connectivity index (χ0v) is 11.3. The summed E-state index contributed by atoms with van der Waals surface area (Å²) in [7, 11) is 0. The second-order valence-electron chi connectivity index (χ2n) is 4.44. The smallest absolute Gasteiger partial charge is 0.239 e. The lowest BCUT2D eigenvalue weighted by Crippen LogP contribution is -2.34. The molecule has 6 heteroatoms. The van der Waals surface area contributed by atoms with E-state index in [1.807, 2.05) is 32.0 Å². The maximum atomic E-state index is 11.5. The average molecular weight is 261 g/mol. The number of azide groups is 1. The lowest BCUT2D eigenvalue weighted by atomic mass is 10.0. The van der Waals surface area contributed by atoms with Gasteiger partial charge in [0.15, 0.2) is 0 Å². The first-order valence-electron chi connectivity index (χ1n) is 6.17. The van der Waals surface area contributed by atoms with E-state index in [1.165, 1.54) is 5.56 Å². The summed E-state index contributed by atoms with van der Waals surface area (Å²) < 4.78 is 0. The van der Waals surface area contributed by atoms with Crippen molar-refractivity contribution < 1.29 is 4.79 Å². The normalized spacial score (nSPS) is 11.7. The Morgan fingerprint density at radius 3 is 2.79 bits per heavy atom. The zero-order chi connectivity index (χ0) is 14.3. The van der Waals surface area contributed by atoms with Gasteiger partial charge in [-0.1, -0.05) is 23.3 Å². The first kappa shape index (κ1) is 15.0. The van der Waals surface area contributed by atoms with Gasteiger partial charge in [0.25, 0.3) is 0 Å². The molecule has 0 saturated heterocycles. The first-order valence-corrected chi connectivity index (χ1v) is 6.17. The molecule has 19 heavy (non-hydrogen) atoms. The Labute approximate surface area is 112 Å². The van der Waals surface area contributed by atoms with Crippen LogP contribution >= 0.6 is 0 Å². The molecular formula is C13H19N5O. The molecule has 0 aliphatic heterocycles. The number of nitrogens with two attached hydrogens (primary N) is 1. The van der Waals surface area contributed by atoms with Gasteiger partial charge in [-0.25, -0.2) is 0 Å². The Bertz CT molecular complexity index is 494. The van der Waals surface area contributed by atoms with E-state index in [0.29, 0.717) is 19.5 Å². The van der Waals surface area contributed by atoms with E-state index in [9.17, 15) is 4.79 Å². The lowest BCUT2D eigenvalue weighted by Gasteiger charge is -2.16. The SMILES string of the molecule is Cc1ccc(C(NCCCN=[N+]=[N-])C(N)=O)cc1C. The van der Waals surface area contributed by atoms with Crippen LogP contribution in [0.2, 0.25) is 0 Å². The van der Waals surface area contributed by atoms with Crippen molar-refractivity contribution in [2.24, 2.45) is 10.8 Å². The number of amides is 1. The number of rotatable bonds is 7. The molecule has 0 aliphatic rings. The molecule has 1 unspecified atom stereocenters. The lowest BCUT2D eigenvalue weighted by molar-refractivity contribution is -0.120. The van der Waals surface area contributed by atoms with Crippen LogP contribution in [0, 0.1) is 13.8 Å². The van der Waals surface area contributed by atoms with Crippen molar-refractivity contribution in [3.63, 3.8) is 0 Å². The van der Waals surface area contributed by atoms with Crippen molar-refractivity contribution in [1.82, 2.24) is 5.32 Å². The summed E-state index contributed by atoms with van der Waals surface area (Å²) in [4.78, 5) is 14.2. The zero-order valence-electron chi connectivity index (χ0n) is 11.3. The summed E-state index contributed by atoms with van der Waals surface area (Å²) in [5.41, 5.74) is 16.7. The third-order valence-electron chi connectivity index (χ3n) is 3.00. The minimum absolute atomic E-state index is 0.405. The minimum atomic E-state index is -0.509. The highest BCUT2D eigenvalue weighted by Crippen LogP contribution is 2.17. The van der Waals surface area contributed by atoms with Crippen molar-refractivity contribution in [1.29, 1.82) is 0 Å². The predicted molar refractivity (Wildman–Crippen MR) is 74.5 cm³/mol. The molecule has 0 spiro atoms. The Morgan fingerprint density at radius 1 is 1.47 bits per heavy atom. The van der Waals surface area contributed by atoms with Crippen molar-refractivity contribution in [2.75, 3.05) is 13.1 Å². The van der Waals surface area contributed by atoms with Gasteiger partial charge in [0, 0.05) is 11.5 Å². The number of nitrogens with one attached hydrogen (secondary N) is 1. The van der Waals surface area contributed by atoms with Crippen LogP contribution in [0.4, 0.5) is 0 Å². The fraction of sp³-hybridized carbons (Fsp3) is 0.462. The molecule has 1 atom stereocenters. The van der Waals surface area contributed by atoms with Crippen LogP contribution in [0.3, 0.4) is 0 Å². The number of carbonyl (C=O) groups is 1. The van der Waals surface area contributed by atoms with Crippen LogP contribution in [-0.2, 0) is 4.79 Å². The highest BCUT2D eigenvalue weighted by Gasteiger charge is 2.16. The molecule has 0 aliphatic carbocycles. The molecule has 1 aromatic rings. The molecule has 0 heterocycles. The molecule has 0 saturated carbocycles. The van der Waals surface area contributed by atoms with Crippen LogP contribution in [0.1, 0.15) is 29.2 Å². The molecule has 0 bridgehead atoms. The molecule has 1 rings (SSSR count). The van der Waals surface area contributed by atoms with Crippen molar-refractivity contribution in [2.45, 2.75) is 26.3 Å². The van der Waals surface area contributed by atoms with Gasteiger partial charge in [-0.2, -0.15) is 0 Å². The minimum Gasteiger partial charge on any atom is -0.368 e. The van der Waals surface area contributed by atoms with Gasteiger partial charge in [0.05, 0.1) is 0 Å². The number of hydrogen-bond donors (Lipinski definition) is 2. The second kappa shape index (κ2) is 7.41. The number of aryl methyl sites for hydroxylation is 2. The Balaban J connectivity index is 2.69. The summed E-state index contributed by atoms with van der Waals surface area (Å²) in [6.07, 6.45) is 0.665. The van der Waals surface area contributed by atoms with Crippen LogP contribution in [0.15, 0.2) is 23.3 Å². The van der Waals surface area contributed by atoms with Crippen LogP contribution < -0.4 is 11.1 Å².